The quantitative estimate of drug-likeness (QED) is 0.795. The van der Waals surface area contributed by atoms with Crippen LogP contribution in [0.4, 0.5) is 10.5 Å². The number of alkyl carbamates (subject to hydrolysis) is 1. The van der Waals surface area contributed by atoms with Gasteiger partial charge in [-0.25, -0.2) is 4.79 Å². The van der Waals surface area contributed by atoms with Crippen LogP contribution in [0, 0.1) is 6.92 Å². The molecule has 2 aromatic carbocycles. The van der Waals surface area contributed by atoms with E-state index in [0.717, 1.165) is 16.7 Å². The minimum Gasteiger partial charge on any atom is -0.445 e. The summed E-state index contributed by atoms with van der Waals surface area (Å²) in [5.41, 5.74) is 3.69. The van der Waals surface area contributed by atoms with Gasteiger partial charge in [0.2, 0.25) is 6.17 Å². The first kappa shape index (κ1) is 21.2. The van der Waals surface area contributed by atoms with Crippen molar-refractivity contribution in [3.05, 3.63) is 65.2 Å². The van der Waals surface area contributed by atoms with Gasteiger partial charge in [0.15, 0.2) is 5.78 Å². The zero-order chi connectivity index (χ0) is 21.7. The Kier molecular flexibility index (Phi) is 6.61. The van der Waals surface area contributed by atoms with Crippen molar-refractivity contribution in [2.45, 2.75) is 40.0 Å². The lowest BCUT2D eigenvalue weighted by Gasteiger charge is -2.26. The Morgan fingerprint density at radius 2 is 1.83 bits per heavy atom. The maximum absolute atomic E-state index is 13.3. The van der Waals surface area contributed by atoms with Gasteiger partial charge in [-0.2, -0.15) is 0 Å². The number of carbonyl (C=O) groups excluding carboxylic acids is 3. The van der Waals surface area contributed by atoms with Crippen LogP contribution in [0.25, 0.3) is 0 Å². The second-order valence-electron chi connectivity index (χ2n) is 7.11. The van der Waals surface area contributed by atoms with Crippen LogP contribution in [0.15, 0.2) is 53.5 Å². The molecule has 0 aliphatic carbocycles. The lowest BCUT2D eigenvalue weighted by Crippen LogP contribution is -2.49. The number of amides is 2. The third-order valence-corrected chi connectivity index (χ3v) is 4.92. The van der Waals surface area contributed by atoms with E-state index in [1.165, 1.54) is 4.90 Å². The lowest BCUT2D eigenvalue weighted by atomic mass is 10.0. The first-order valence-corrected chi connectivity index (χ1v) is 9.85. The number of para-hydroxylation sites is 1. The van der Waals surface area contributed by atoms with E-state index in [9.17, 15) is 14.4 Å². The topological polar surface area (TPSA) is 88.1 Å². The molecule has 1 atom stereocenters. The van der Waals surface area contributed by atoms with Crippen molar-refractivity contribution in [2.75, 3.05) is 11.4 Å². The highest BCUT2D eigenvalue weighted by Gasteiger charge is 2.33. The molecule has 3 rings (SSSR count). The van der Waals surface area contributed by atoms with Crippen LogP contribution >= 0.6 is 0 Å². The van der Waals surface area contributed by atoms with Crippen LogP contribution < -0.4 is 10.2 Å². The number of rotatable bonds is 6. The molecule has 2 amide bonds. The summed E-state index contributed by atoms with van der Waals surface area (Å²) in [6, 6.07) is 14.9. The zero-order valence-corrected chi connectivity index (χ0v) is 17.3. The van der Waals surface area contributed by atoms with Gasteiger partial charge in [-0.1, -0.05) is 55.5 Å². The number of fused-ring (bicyclic) bond motifs is 1. The number of nitrogens with zero attached hydrogens (tertiary/aromatic N) is 2. The van der Waals surface area contributed by atoms with Crippen molar-refractivity contribution < 1.29 is 19.1 Å². The third kappa shape index (κ3) is 4.74. The Labute approximate surface area is 175 Å². The molecule has 156 valence electrons. The summed E-state index contributed by atoms with van der Waals surface area (Å²) < 4.78 is 5.24. The fourth-order valence-electron chi connectivity index (χ4n) is 3.30. The monoisotopic (exact) mass is 407 g/mol. The molecule has 0 spiro atoms. The molecule has 1 N–H and O–H groups in total. The number of Topliss-reactive ketones (excluding diaryl/α,β-unsaturated/α-hetero) is 1. The van der Waals surface area contributed by atoms with Crippen molar-refractivity contribution in [3.63, 3.8) is 0 Å². The Bertz CT molecular complexity index is 985. The number of nitrogens with one attached hydrogen (secondary N) is 1. The second-order valence-corrected chi connectivity index (χ2v) is 7.11. The van der Waals surface area contributed by atoms with E-state index in [0.29, 0.717) is 17.8 Å². The Morgan fingerprint density at radius 1 is 1.10 bits per heavy atom. The predicted octanol–water partition coefficient (Wildman–Crippen LogP) is 3.38. The summed E-state index contributed by atoms with van der Waals surface area (Å²) in [5, 5.41) is 2.53. The summed E-state index contributed by atoms with van der Waals surface area (Å²) in [6.45, 7) is 5.41. The molecule has 2 aromatic rings. The molecule has 0 saturated heterocycles. The molecule has 0 aromatic heterocycles. The summed E-state index contributed by atoms with van der Waals surface area (Å²) in [7, 11) is 0. The predicted molar refractivity (Wildman–Crippen MR) is 115 cm³/mol. The average molecular weight is 407 g/mol. The normalized spacial score (nSPS) is 15.7. The molecule has 7 heteroatoms. The highest BCUT2D eigenvalue weighted by Crippen LogP contribution is 2.29. The van der Waals surface area contributed by atoms with Gasteiger partial charge in [0, 0.05) is 17.7 Å². The minimum absolute atomic E-state index is 0.0762. The molecule has 1 heterocycles. The van der Waals surface area contributed by atoms with Crippen molar-refractivity contribution in [2.24, 2.45) is 4.99 Å². The first-order chi connectivity index (χ1) is 14.4. The fourth-order valence-corrected chi connectivity index (χ4v) is 3.30. The molecule has 0 radical (unpaired) electrons. The van der Waals surface area contributed by atoms with E-state index < -0.39 is 18.2 Å². The molecular formula is C23H25N3O4. The fraction of sp³-hybridized carbons (Fsp3) is 0.304. The average Bonchev–Trinajstić information content (AvgIpc) is 2.84. The summed E-state index contributed by atoms with van der Waals surface area (Å²) >= 11 is 0. The Morgan fingerprint density at radius 3 is 2.53 bits per heavy atom. The van der Waals surface area contributed by atoms with Gasteiger partial charge in [0.1, 0.15) is 6.61 Å². The molecule has 0 fully saturated rings. The number of ether oxygens (including phenoxy) is 1. The molecule has 0 unspecified atom stereocenters. The molecule has 30 heavy (non-hydrogen) atoms. The van der Waals surface area contributed by atoms with Gasteiger partial charge in [0.05, 0.1) is 12.2 Å². The molecule has 0 bridgehead atoms. The maximum atomic E-state index is 13.3. The van der Waals surface area contributed by atoms with Gasteiger partial charge >= 0.3 is 6.09 Å². The summed E-state index contributed by atoms with van der Waals surface area (Å²) in [4.78, 5) is 43.6. The molecular weight excluding hydrogens is 382 g/mol. The second kappa shape index (κ2) is 9.35. The highest BCUT2D eigenvalue weighted by atomic mass is 16.5. The summed E-state index contributed by atoms with van der Waals surface area (Å²) in [6.07, 6.45) is -1.62. The van der Waals surface area contributed by atoms with Gasteiger partial charge in [-0.3, -0.25) is 19.9 Å². The van der Waals surface area contributed by atoms with Crippen LogP contribution in [-0.2, 0) is 20.9 Å². The molecule has 0 saturated carbocycles. The highest BCUT2D eigenvalue weighted by molar-refractivity contribution is 6.14. The van der Waals surface area contributed by atoms with E-state index in [1.54, 1.807) is 13.8 Å². The SMILES string of the molecule is CCC(=O)CN1C(=O)[C@@H](NC(=O)OCc2ccccc2)N=C(C)c2cccc(C)c21. The van der Waals surface area contributed by atoms with E-state index in [1.807, 2.05) is 55.5 Å². The van der Waals surface area contributed by atoms with Crippen LogP contribution in [-0.4, -0.2) is 36.2 Å². The van der Waals surface area contributed by atoms with Crippen molar-refractivity contribution in [3.8, 4) is 0 Å². The van der Waals surface area contributed by atoms with Gasteiger partial charge in [0.25, 0.3) is 5.91 Å². The first-order valence-electron chi connectivity index (χ1n) is 9.85. The number of carbonyl (C=O) groups is 3. The standard InChI is InChI=1S/C23H25N3O4/c1-4-18(27)13-26-20-15(2)9-8-12-19(20)16(3)24-21(22(26)28)25-23(29)30-14-17-10-6-5-7-11-17/h5-12,21H,4,13-14H2,1-3H3,(H,25,29)/t21-/m1/s1. The molecule has 1 aliphatic rings. The number of aryl methyl sites for hydroxylation is 1. The van der Waals surface area contributed by atoms with Gasteiger partial charge in [-0.05, 0) is 25.0 Å². The number of ketones is 1. The number of anilines is 1. The largest absolute Gasteiger partial charge is 0.445 e. The number of benzodiazepines with no additional fused rings is 1. The number of benzene rings is 2. The maximum Gasteiger partial charge on any atom is 0.409 e. The van der Waals surface area contributed by atoms with E-state index >= 15 is 0 Å². The number of aliphatic imine (C=N–C) groups is 1. The third-order valence-electron chi connectivity index (χ3n) is 4.92. The number of hydrogen-bond acceptors (Lipinski definition) is 5. The van der Waals surface area contributed by atoms with Crippen molar-refractivity contribution in [1.29, 1.82) is 0 Å². The zero-order valence-electron chi connectivity index (χ0n) is 17.3. The smallest absolute Gasteiger partial charge is 0.409 e. The van der Waals surface area contributed by atoms with E-state index in [4.69, 9.17) is 4.74 Å². The summed E-state index contributed by atoms with van der Waals surface area (Å²) in [5.74, 6) is -0.552. The van der Waals surface area contributed by atoms with Crippen LogP contribution in [0.5, 0.6) is 0 Å². The molecule has 7 nitrogen and oxygen atoms in total. The van der Waals surface area contributed by atoms with Crippen LogP contribution in [0.2, 0.25) is 0 Å². The molecule has 1 aliphatic heterocycles. The Hall–Kier alpha value is -3.48. The van der Waals surface area contributed by atoms with Crippen LogP contribution in [0.3, 0.4) is 0 Å². The van der Waals surface area contributed by atoms with Gasteiger partial charge < -0.3 is 9.64 Å². The van der Waals surface area contributed by atoms with Crippen LogP contribution in [0.1, 0.15) is 37.0 Å². The van der Waals surface area contributed by atoms with E-state index in [2.05, 4.69) is 10.3 Å². The number of hydrogen-bond donors (Lipinski definition) is 1. The van der Waals surface area contributed by atoms with Crippen molar-refractivity contribution in [1.82, 2.24) is 5.32 Å². The van der Waals surface area contributed by atoms with Gasteiger partial charge in [-0.15, -0.1) is 0 Å². The Balaban J connectivity index is 1.84. The minimum atomic E-state index is -1.18. The lowest BCUT2D eigenvalue weighted by molar-refractivity contribution is -0.123. The van der Waals surface area contributed by atoms with Crippen molar-refractivity contribution >= 4 is 29.2 Å². The van der Waals surface area contributed by atoms with E-state index in [-0.39, 0.29) is 18.9 Å².